The first kappa shape index (κ1) is 15.8. The van der Waals surface area contributed by atoms with Crippen LogP contribution in [-0.4, -0.2) is 19.7 Å². The summed E-state index contributed by atoms with van der Waals surface area (Å²) in [4.78, 5) is 0. The standard InChI is InChI=1S/C12H18BrNO.ClH/c1-4-14-5-6-15-12-10(3)7-9(2)8-11(12)13;/h7-8,14H,4-6H2,1-3H3;1H. The quantitative estimate of drug-likeness (QED) is 0.841. The second-order valence-corrected chi connectivity index (χ2v) is 4.45. The highest BCUT2D eigenvalue weighted by molar-refractivity contribution is 9.10. The van der Waals surface area contributed by atoms with E-state index >= 15 is 0 Å². The molecule has 0 aliphatic carbocycles. The topological polar surface area (TPSA) is 21.3 Å². The van der Waals surface area contributed by atoms with Crippen molar-refractivity contribution in [3.63, 3.8) is 0 Å². The molecule has 0 saturated heterocycles. The molecule has 0 amide bonds. The van der Waals surface area contributed by atoms with Crippen molar-refractivity contribution in [2.45, 2.75) is 20.8 Å². The Morgan fingerprint density at radius 1 is 1.31 bits per heavy atom. The molecule has 0 unspecified atom stereocenters. The fourth-order valence-corrected chi connectivity index (χ4v) is 2.28. The van der Waals surface area contributed by atoms with Gasteiger partial charge in [-0.05, 0) is 53.5 Å². The van der Waals surface area contributed by atoms with Gasteiger partial charge in [-0.2, -0.15) is 0 Å². The minimum absolute atomic E-state index is 0. The molecule has 1 N–H and O–H groups in total. The lowest BCUT2D eigenvalue weighted by atomic mass is 10.1. The third kappa shape index (κ3) is 4.73. The molecule has 1 rings (SSSR count). The average molecular weight is 309 g/mol. The largest absolute Gasteiger partial charge is 0.491 e. The first-order chi connectivity index (χ1) is 7.15. The Morgan fingerprint density at radius 3 is 2.56 bits per heavy atom. The van der Waals surface area contributed by atoms with E-state index in [9.17, 15) is 0 Å². The summed E-state index contributed by atoms with van der Waals surface area (Å²) >= 11 is 3.52. The Kier molecular flexibility index (Phi) is 7.81. The fourth-order valence-electron chi connectivity index (χ4n) is 1.49. The summed E-state index contributed by atoms with van der Waals surface area (Å²) in [6.07, 6.45) is 0. The van der Waals surface area contributed by atoms with Gasteiger partial charge in [0.1, 0.15) is 12.4 Å². The number of likely N-dealkylation sites (N-methyl/N-ethyl adjacent to an activating group) is 1. The molecule has 2 nitrogen and oxygen atoms in total. The van der Waals surface area contributed by atoms with Crippen molar-refractivity contribution in [2.24, 2.45) is 0 Å². The van der Waals surface area contributed by atoms with Crippen LogP contribution in [0.5, 0.6) is 5.75 Å². The predicted molar refractivity (Wildman–Crippen MR) is 74.9 cm³/mol. The number of hydrogen-bond acceptors (Lipinski definition) is 2. The average Bonchev–Trinajstić information content (AvgIpc) is 2.15. The molecule has 0 fully saturated rings. The molecule has 1 aromatic rings. The van der Waals surface area contributed by atoms with E-state index in [1.165, 1.54) is 11.1 Å². The molecule has 0 radical (unpaired) electrons. The Balaban J connectivity index is 0.00000225. The van der Waals surface area contributed by atoms with Crippen molar-refractivity contribution in [3.05, 3.63) is 27.7 Å². The molecule has 16 heavy (non-hydrogen) atoms. The Morgan fingerprint density at radius 2 is 2.00 bits per heavy atom. The van der Waals surface area contributed by atoms with Crippen LogP contribution < -0.4 is 10.1 Å². The first-order valence-electron chi connectivity index (χ1n) is 5.25. The van der Waals surface area contributed by atoms with E-state index in [4.69, 9.17) is 4.74 Å². The third-order valence-electron chi connectivity index (χ3n) is 2.15. The molecule has 4 heteroatoms. The van der Waals surface area contributed by atoms with Crippen LogP contribution >= 0.6 is 28.3 Å². The number of hydrogen-bond donors (Lipinski definition) is 1. The number of aryl methyl sites for hydroxylation is 2. The first-order valence-corrected chi connectivity index (χ1v) is 6.04. The van der Waals surface area contributed by atoms with Crippen LogP contribution in [0, 0.1) is 13.8 Å². The van der Waals surface area contributed by atoms with Crippen LogP contribution in [-0.2, 0) is 0 Å². The zero-order valence-electron chi connectivity index (χ0n) is 9.97. The smallest absolute Gasteiger partial charge is 0.136 e. The molecule has 1 aromatic carbocycles. The lowest BCUT2D eigenvalue weighted by molar-refractivity contribution is 0.311. The monoisotopic (exact) mass is 307 g/mol. The van der Waals surface area contributed by atoms with Gasteiger partial charge < -0.3 is 10.1 Å². The van der Waals surface area contributed by atoms with Gasteiger partial charge in [0.2, 0.25) is 0 Å². The van der Waals surface area contributed by atoms with Gasteiger partial charge in [0.15, 0.2) is 0 Å². The molecular formula is C12H19BrClNO. The van der Waals surface area contributed by atoms with Crippen LogP contribution in [0.2, 0.25) is 0 Å². The minimum Gasteiger partial charge on any atom is -0.491 e. The molecule has 0 bridgehead atoms. The van der Waals surface area contributed by atoms with Crippen molar-refractivity contribution in [1.29, 1.82) is 0 Å². The number of ether oxygens (including phenoxy) is 1. The van der Waals surface area contributed by atoms with E-state index in [1.54, 1.807) is 0 Å². The maximum atomic E-state index is 5.72. The zero-order valence-corrected chi connectivity index (χ0v) is 12.4. The van der Waals surface area contributed by atoms with Crippen molar-refractivity contribution in [1.82, 2.24) is 5.32 Å². The molecule has 0 heterocycles. The highest BCUT2D eigenvalue weighted by Gasteiger charge is 2.05. The molecule has 0 aromatic heterocycles. The van der Waals surface area contributed by atoms with Gasteiger partial charge in [0.25, 0.3) is 0 Å². The van der Waals surface area contributed by atoms with Crippen LogP contribution in [0.25, 0.3) is 0 Å². The molecule has 0 atom stereocenters. The molecule has 92 valence electrons. The van der Waals surface area contributed by atoms with Gasteiger partial charge in [0.05, 0.1) is 4.47 Å². The van der Waals surface area contributed by atoms with E-state index in [-0.39, 0.29) is 12.4 Å². The molecular weight excluding hydrogens is 289 g/mol. The fraction of sp³-hybridized carbons (Fsp3) is 0.500. The van der Waals surface area contributed by atoms with Crippen LogP contribution in [0.4, 0.5) is 0 Å². The minimum atomic E-state index is 0. The SMILES string of the molecule is CCNCCOc1c(C)cc(C)cc1Br.Cl. The number of rotatable bonds is 5. The summed E-state index contributed by atoms with van der Waals surface area (Å²) in [5.74, 6) is 0.957. The van der Waals surface area contributed by atoms with E-state index < -0.39 is 0 Å². The lowest BCUT2D eigenvalue weighted by Crippen LogP contribution is -2.20. The number of benzene rings is 1. The summed E-state index contributed by atoms with van der Waals surface area (Å²) in [6, 6.07) is 4.21. The van der Waals surface area contributed by atoms with Gasteiger partial charge in [-0.3, -0.25) is 0 Å². The summed E-state index contributed by atoms with van der Waals surface area (Å²) in [5, 5.41) is 3.23. The highest BCUT2D eigenvalue weighted by Crippen LogP contribution is 2.29. The van der Waals surface area contributed by atoms with Gasteiger partial charge in [0, 0.05) is 6.54 Å². The third-order valence-corrected chi connectivity index (χ3v) is 2.74. The summed E-state index contributed by atoms with van der Waals surface area (Å²) in [5.41, 5.74) is 2.43. The van der Waals surface area contributed by atoms with E-state index in [1.807, 2.05) is 0 Å². The molecule has 0 aliphatic heterocycles. The van der Waals surface area contributed by atoms with Crippen LogP contribution in [0.3, 0.4) is 0 Å². The van der Waals surface area contributed by atoms with Crippen molar-refractivity contribution in [3.8, 4) is 5.75 Å². The lowest BCUT2D eigenvalue weighted by Gasteiger charge is -2.12. The van der Waals surface area contributed by atoms with Gasteiger partial charge >= 0.3 is 0 Å². The highest BCUT2D eigenvalue weighted by atomic mass is 79.9. The number of halogens is 2. The normalized spacial score (nSPS) is 9.75. The van der Waals surface area contributed by atoms with E-state index in [0.29, 0.717) is 6.61 Å². The summed E-state index contributed by atoms with van der Waals surface area (Å²) in [7, 11) is 0. The molecule has 0 saturated carbocycles. The second kappa shape index (κ2) is 7.93. The summed E-state index contributed by atoms with van der Waals surface area (Å²) in [6.45, 7) is 8.82. The maximum absolute atomic E-state index is 5.72. The Labute approximate surface area is 112 Å². The van der Waals surface area contributed by atoms with Gasteiger partial charge in [-0.1, -0.05) is 13.0 Å². The predicted octanol–water partition coefficient (Wildman–Crippen LogP) is 3.48. The van der Waals surface area contributed by atoms with E-state index in [0.717, 1.165) is 23.3 Å². The maximum Gasteiger partial charge on any atom is 0.136 e. The Bertz CT molecular complexity index is 308. The second-order valence-electron chi connectivity index (χ2n) is 3.59. The van der Waals surface area contributed by atoms with Crippen LogP contribution in [0.1, 0.15) is 18.1 Å². The van der Waals surface area contributed by atoms with Gasteiger partial charge in [-0.15, -0.1) is 12.4 Å². The zero-order chi connectivity index (χ0) is 11.3. The van der Waals surface area contributed by atoms with Gasteiger partial charge in [-0.25, -0.2) is 0 Å². The number of nitrogens with one attached hydrogen (secondary N) is 1. The van der Waals surface area contributed by atoms with Crippen LogP contribution in [0.15, 0.2) is 16.6 Å². The van der Waals surface area contributed by atoms with Crippen molar-refractivity contribution < 1.29 is 4.74 Å². The summed E-state index contributed by atoms with van der Waals surface area (Å²) < 4.78 is 6.75. The van der Waals surface area contributed by atoms with Crippen molar-refractivity contribution >= 4 is 28.3 Å². The molecule has 0 aliphatic rings. The molecule has 0 spiro atoms. The van der Waals surface area contributed by atoms with Crippen molar-refractivity contribution in [2.75, 3.05) is 19.7 Å². The Hall–Kier alpha value is -0.250. The van der Waals surface area contributed by atoms with E-state index in [2.05, 4.69) is 54.2 Å².